The summed E-state index contributed by atoms with van der Waals surface area (Å²) >= 11 is 0. The van der Waals surface area contributed by atoms with Crippen molar-refractivity contribution in [2.24, 2.45) is 0 Å². The summed E-state index contributed by atoms with van der Waals surface area (Å²) in [7, 11) is 0. The second kappa shape index (κ2) is 7.63. The van der Waals surface area contributed by atoms with Crippen molar-refractivity contribution in [1.29, 1.82) is 0 Å². The molecule has 0 saturated carbocycles. The van der Waals surface area contributed by atoms with Crippen LogP contribution < -0.4 is 10.6 Å². The van der Waals surface area contributed by atoms with Crippen molar-refractivity contribution in [3.63, 3.8) is 0 Å². The van der Waals surface area contributed by atoms with E-state index in [-0.39, 0.29) is 18.9 Å². The Balaban J connectivity index is 1.87. The van der Waals surface area contributed by atoms with E-state index in [4.69, 9.17) is 0 Å². The smallest absolute Gasteiger partial charge is 0.251 e. The second-order valence-electron chi connectivity index (χ2n) is 5.09. The molecule has 126 valence electrons. The molecule has 0 aliphatic carbocycles. The van der Waals surface area contributed by atoms with Gasteiger partial charge < -0.3 is 10.6 Å². The number of amides is 2. The van der Waals surface area contributed by atoms with Crippen LogP contribution in [0, 0.1) is 24.4 Å². The molecule has 0 radical (unpaired) electrons. The van der Waals surface area contributed by atoms with Gasteiger partial charge in [-0.3, -0.25) is 9.59 Å². The third-order valence-electron chi connectivity index (χ3n) is 3.34. The molecule has 0 spiro atoms. The number of halogens is 3. The minimum Gasteiger partial charge on any atom is -0.352 e. The number of anilines is 1. The Morgan fingerprint density at radius 2 is 1.71 bits per heavy atom. The Labute approximate surface area is 136 Å². The van der Waals surface area contributed by atoms with Crippen LogP contribution in [0.3, 0.4) is 0 Å². The van der Waals surface area contributed by atoms with Gasteiger partial charge in [0.1, 0.15) is 0 Å². The minimum atomic E-state index is -1.65. The van der Waals surface area contributed by atoms with Gasteiger partial charge in [0.25, 0.3) is 5.91 Å². The van der Waals surface area contributed by atoms with Gasteiger partial charge >= 0.3 is 0 Å². The molecule has 0 aliphatic rings. The van der Waals surface area contributed by atoms with Gasteiger partial charge in [-0.2, -0.15) is 0 Å². The predicted molar refractivity (Wildman–Crippen MR) is 83.1 cm³/mol. The lowest BCUT2D eigenvalue weighted by Crippen LogP contribution is -2.28. The van der Waals surface area contributed by atoms with Crippen molar-refractivity contribution in [3.8, 4) is 0 Å². The third-order valence-corrected chi connectivity index (χ3v) is 3.34. The maximum absolute atomic E-state index is 13.4. The van der Waals surface area contributed by atoms with Crippen molar-refractivity contribution in [2.45, 2.75) is 13.3 Å². The average molecular weight is 336 g/mol. The zero-order valence-electron chi connectivity index (χ0n) is 12.8. The number of nitrogens with one attached hydrogen (secondary N) is 2. The van der Waals surface area contributed by atoms with E-state index in [9.17, 15) is 22.8 Å². The van der Waals surface area contributed by atoms with Crippen LogP contribution in [0.4, 0.5) is 18.9 Å². The van der Waals surface area contributed by atoms with Crippen LogP contribution in [0.25, 0.3) is 0 Å². The number of hydrogen-bond donors (Lipinski definition) is 2. The fourth-order valence-electron chi connectivity index (χ4n) is 2.05. The predicted octanol–water partition coefficient (Wildman–Crippen LogP) is 3.17. The first-order valence-corrected chi connectivity index (χ1v) is 7.17. The highest BCUT2D eigenvalue weighted by atomic mass is 19.2. The lowest BCUT2D eigenvalue weighted by atomic mass is 10.1. The maximum atomic E-state index is 13.4. The first-order chi connectivity index (χ1) is 11.4. The normalized spacial score (nSPS) is 10.3. The van der Waals surface area contributed by atoms with E-state index in [0.29, 0.717) is 11.6 Å². The van der Waals surface area contributed by atoms with Crippen LogP contribution in [0.1, 0.15) is 22.3 Å². The number of carbonyl (C=O) groups excluding carboxylic acids is 2. The molecule has 7 heteroatoms. The van der Waals surface area contributed by atoms with Gasteiger partial charge in [-0.15, -0.1) is 0 Å². The molecule has 0 heterocycles. The summed E-state index contributed by atoms with van der Waals surface area (Å²) in [5.74, 6) is -5.42. The van der Waals surface area contributed by atoms with E-state index >= 15 is 0 Å². The van der Waals surface area contributed by atoms with E-state index in [0.717, 1.165) is 11.6 Å². The van der Waals surface area contributed by atoms with Crippen LogP contribution in [0.15, 0.2) is 36.4 Å². The zero-order chi connectivity index (χ0) is 17.7. The highest BCUT2D eigenvalue weighted by molar-refractivity contribution is 5.96. The van der Waals surface area contributed by atoms with Gasteiger partial charge in [-0.25, -0.2) is 13.2 Å². The topological polar surface area (TPSA) is 58.2 Å². The summed E-state index contributed by atoms with van der Waals surface area (Å²) in [6.07, 6.45) is -0.143. The van der Waals surface area contributed by atoms with E-state index in [2.05, 4.69) is 10.6 Å². The summed E-state index contributed by atoms with van der Waals surface area (Å²) in [6, 6.07) is 8.61. The molecular formula is C17H15F3N2O2. The standard InChI is InChI=1S/C17H15F3N2O2/c1-10-4-2-3-5-11(10)17(24)21-9-8-14(23)22-13-7-6-12(18)15(19)16(13)20/h2-7H,8-9H2,1H3,(H,21,24)(H,22,23). The van der Waals surface area contributed by atoms with E-state index in [1.54, 1.807) is 31.2 Å². The minimum absolute atomic E-state index is 0.0182. The summed E-state index contributed by atoms with van der Waals surface area (Å²) < 4.78 is 39.3. The fourth-order valence-corrected chi connectivity index (χ4v) is 2.05. The van der Waals surface area contributed by atoms with Crippen LogP contribution >= 0.6 is 0 Å². The molecule has 0 aliphatic heterocycles. The van der Waals surface area contributed by atoms with Crippen molar-refractivity contribution in [3.05, 3.63) is 65.0 Å². The van der Waals surface area contributed by atoms with E-state index < -0.39 is 29.0 Å². The largest absolute Gasteiger partial charge is 0.352 e. The molecule has 0 saturated heterocycles. The molecule has 2 amide bonds. The SMILES string of the molecule is Cc1ccccc1C(=O)NCCC(=O)Nc1ccc(F)c(F)c1F. The summed E-state index contributed by atoms with van der Waals surface area (Å²) in [4.78, 5) is 23.6. The highest BCUT2D eigenvalue weighted by Crippen LogP contribution is 2.19. The number of aryl methyl sites for hydroxylation is 1. The molecule has 2 rings (SSSR count). The molecule has 24 heavy (non-hydrogen) atoms. The van der Waals surface area contributed by atoms with Crippen LogP contribution in [0.5, 0.6) is 0 Å². The molecular weight excluding hydrogens is 321 g/mol. The Morgan fingerprint density at radius 3 is 2.42 bits per heavy atom. The second-order valence-corrected chi connectivity index (χ2v) is 5.09. The summed E-state index contributed by atoms with van der Waals surface area (Å²) in [5.41, 5.74) is 0.831. The lowest BCUT2D eigenvalue weighted by Gasteiger charge is -2.09. The Hall–Kier alpha value is -2.83. The summed E-state index contributed by atoms with van der Waals surface area (Å²) in [5, 5.41) is 4.70. The first-order valence-electron chi connectivity index (χ1n) is 7.17. The molecule has 2 aromatic rings. The van der Waals surface area contributed by atoms with Gasteiger partial charge in [0.15, 0.2) is 17.5 Å². The molecule has 0 aromatic heterocycles. The monoisotopic (exact) mass is 336 g/mol. The molecule has 4 nitrogen and oxygen atoms in total. The molecule has 0 atom stereocenters. The Morgan fingerprint density at radius 1 is 1.00 bits per heavy atom. The van der Waals surface area contributed by atoms with Crippen molar-refractivity contribution in [1.82, 2.24) is 5.32 Å². The molecule has 0 unspecified atom stereocenters. The van der Waals surface area contributed by atoms with Crippen LogP contribution in [0.2, 0.25) is 0 Å². The van der Waals surface area contributed by atoms with Gasteiger partial charge in [0, 0.05) is 18.5 Å². The van der Waals surface area contributed by atoms with Crippen molar-refractivity contribution in [2.75, 3.05) is 11.9 Å². The third kappa shape index (κ3) is 4.13. The van der Waals surface area contributed by atoms with E-state index in [1.165, 1.54) is 0 Å². The first kappa shape index (κ1) is 17.5. The molecule has 0 fully saturated rings. The number of benzene rings is 2. The Kier molecular flexibility index (Phi) is 5.57. The fraction of sp³-hybridized carbons (Fsp3) is 0.176. The van der Waals surface area contributed by atoms with Gasteiger partial charge in [0.2, 0.25) is 5.91 Å². The quantitative estimate of drug-likeness (QED) is 0.824. The molecule has 0 bridgehead atoms. The lowest BCUT2D eigenvalue weighted by molar-refractivity contribution is -0.116. The summed E-state index contributed by atoms with van der Waals surface area (Å²) in [6.45, 7) is 1.80. The van der Waals surface area contributed by atoms with Crippen molar-refractivity contribution < 1.29 is 22.8 Å². The highest BCUT2D eigenvalue weighted by Gasteiger charge is 2.15. The molecule has 2 N–H and O–H groups in total. The average Bonchev–Trinajstić information content (AvgIpc) is 2.55. The molecule has 2 aromatic carbocycles. The number of rotatable bonds is 5. The van der Waals surface area contributed by atoms with Crippen LogP contribution in [-0.2, 0) is 4.79 Å². The van der Waals surface area contributed by atoms with Gasteiger partial charge in [-0.05, 0) is 30.7 Å². The van der Waals surface area contributed by atoms with Gasteiger partial charge in [0.05, 0.1) is 5.69 Å². The maximum Gasteiger partial charge on any atom is 0.251 e. The van der Waals surface area contributed by atoms with Gasteiger partial charge in [-0.1, -0.05) is 18.2 Å². The number of hydrogen-bond acceptors (Lipinski definition) is 2. The van der Waals surface area contributed by atoms with Crippen LogP contribution in [-0.4, -0.2) is 18.4 Å². The Bertz CT molecular complexity index is 778. The van der Waals surface area contributed by atoms with E-state index in [1.807, 2.05) is 0 Å². The van der Waals surface area contributed by atoms with Crippen molar-refractivity contribution >= 4 is 17.5 Å². The zero-order valence-corrected chi connectivity index (χ0v) is 12.8. The number of carbonyl (C=O) groups is 2.